The van der Waals surface area contributed by atoms with Crippen LogP contribution in [0.25, 0.3) is 11.0 Å². The highest BCUT2D eigenvalue weighted by molar-refractivity contribution is 5.78. The van der Waals surface area contributed by atoms with Gasteiger partial charge in [0.05, 0.1) is 30.2 Å². The number of nitrogens with two attached hydrogens (primary N) is 1. The zero-order valence-corrected chi connectivity index (χ0v) is 11.4. The van der Waals surface area contributed by atoms with Crippen LogP contribution in [0.4, 0.5) is 0 Å². The van der Waals surface area contributed by atoms with E-state index in [2.05, 4.69) is 10.9 Å². The predicted octanol–water partition coefficient (Wildman–Crippen LogP) is 2.48. The van der Waals surface area contributed by atoms with Crippen molar-refractivity contribution in [3.05, 3.63) is 24.0 Å². The standard InChI is InChI=1S/C15H19N3O/c1-4-9-18-14-8-7-11(19-6-3)10-13(14)17-15(18)12(16)5-2/h1,7-8,10,12H,5-6,9,16H2,2-3H3. The zero-order chi connectivity index (χ0) is 13.8. The Bertz CT molecular complexity index is 610. The maximum absolute atomic E-state index is 6.10. The lowest BCUT2D eigenvalue weighted by molar-refractivity contribution is 0.340. The number of nitrogens with zero attached hydrogens (tertiary/aromatic N) is 2. The molecule has 2 rings (SSSR count). The minimum Gasteiger partial charge on any atom is -0.494 e. The average molecular weight is 257 g/mol. The van der Waals surface area contributed by atoms with Gasteiger partial charge in [-0.3, -0.25) is 0 Å². The van der Waals surface area contributed by atoms with Gasteiger partial charge in [-0.25, -0.2) is 4.98 Å². The zero-order valence-electron chi connectivity index (χ0n) is 11.4. The van der Waals surface area contributed by atoms with E-state index in [1.165, 1.54) is 0 Å². The lowest BCUT2D eigenvalue weighted by Crippen LogP contribution is -2.15. The predicted molar refractivity (Wildman–Crippen MR) is 77.0 cm³/mol. The van der Waals surface area contributed by atoms with Gasteiger partial charge in [-0.15, -0.1) is 6.42 Å². The number of fused-ring (bicyclic) bond motifs is 1. The van der Waals surface area contributed by atoms with Crippen LogP contribution in [0.1, 0.15) is 32.1 Å². The van der Waals surface area contributed by atoms with Crippen LogP contribution in [-0.2, 0) is 6.54 Å². The summed E-state index contributed by atoms with van der Waals surface area (Å²) in [5.41, 5.74) is 7.98. The Morgan fingerprint density at radius 3 is 2.89 bits per heavy atom. The monoisotopic (exact) mass is 257 g/mol. The van der Waals surface area contributed by atoms with E-state index < -0.39 is 0 Å². The van der Waals surface area contributed by atoms with E-state index in [9.17, 15) is 0 Å². The van der Waals surface area contributed by atoms with Gasteiger partial charge < -0.3 is 15.0 Å². The molecule has 1 aromatic carbocycles. The van der Waals surface area contributed by atoms with Crippen molar-refractivity contribution in [1.82, 2.24) is 9.55 Å². The number of terminal acetylenes is 1. The van der Waals surface area contributed by atoms with Gasteiger partial charge in [-0.2, -0.15) is 0 Å². The topological polar surface area (TPSA) is 53.1 Å². The third-order valence-corrected chi connectivity index (χ3v) is 3.08. The molecule has 0 saturated heterocycles. The summed E-state index contributed by atoms with van der Waals surface area (Å²) in [6.45, 7) is 5.11. The Labute approximate surface area is 113 Å². The second kappa shape index (κ2) is 5.77. The van der Waals surface area contributed by atoms with Gasteiger partial charge in [-0.05, 0) is 25.5 Å². The van der Waals surface area contributed by atoms with Gasteiger partial charge in [0.2, 0.25) is 0 Å². The van der Waals surface area contributed by atoms with Crippen molar-refractivity contribution in [2.24, 2.45) is 5.73 Å². The highest BCUT2D eigenvalue weighted by atomic mass is 16.5. The molecule has 0 aliphatic heterocycles. The second-order valence-corrected chi connectivity index (χ2v) is 4.36. The fourth-order valence-corrected chi connectivity index (χ4v) is 2.11. The van der Waals surface area contributed by atoms with E-state index in [4.69, 9.17) is 16.9 Å². The molecule has 1 heterocycles. The van der Waals surface area contributed by atoms with Gasteiger partial charge in [0, 0.05) is 6.07 Å². The molecule has 0 saturated carbocycles. The summed E-state index contributed by atoms with van der Waals surface area (Å²) in [6.07, 6.45) is 6.26. The molecule has 0 radical (unpaired) electrons. The lowest BCUT2D eigenvalue weighted by atomic mass is 10.2. The van der Waals surface area contributed by atoms with Crippen LogP contribution in [-0.4, -0.2) is 16.2 Å². The molecular weight excluding hydrogens is 238 g/mol. The lowest BCUT2D eigenvalue weighted by Gasteiger charge is -2.10. The van der Waals surface area contributed by atoms with Gasteiger partial charge in [-0.1, -0.05) is 12.8 Å². The fraction of sp³-hybridized carbons (Fsp3) is 0.400. The minimum absolute atomic E-state index is 0.101. The van der Waals surface area contributed by atoms with Crippen LogP contribution in [0, 0.1) is 12.3 Å². The third-order valence-electron chi connectivity index (χ3n) is 3.08. The number of ether oxygens (including phenoxy) is 1. The molecule has 1 aromatic heterocycles. The first-order valence-corrected chi connectivity index (χ1v) is 6.53. The molecule has 0 aliphatic rings. The second-order valence-electron chi connectivity index (χ2n) is 4.36. The number of rotatable bonds is 5. The number of benzene rings is 1. The van der Waals surface area contributed by atoms with Crippen molar-refractivity contribution >= 4 is 11.0 Å². The molecule has 0 bridgehead atoms. The van der Waals surface area contributed by atoms with Crippen molar-refractivity contribution in [2.45, 2.75) is 32.9 Å². The van der Waals surface area contributed by atoms with Gasteiger partial charge in [0.1, 0.15) is 11.6 Å². The van der Waals surface area contributed by atoms with Crippen LogP contribution in [0.3, 0.4) is 0 Å². The molecule has 100 valence electrons. The maximum Gasteiger partial charge on any atom is 0.127 e. The summed E-state index contributed by atoms with van der Waals surface area (Å²) < 4.78 is 7.49. The Morgan fingerprint density at radius 2 is 2.26 bits per heavy atom. The largest absolute Gasteiger partial charge is 0.494 e. The first kappa shape index (κ1) is 13.4. The van der Waals surface area contributed by atoms with Crippen LogP contribution < -0.4 is 10.5 Å². The maximum atomic E-state index is 6.10. The van der Waals surface area contributed by atoms with E-state index in [-0.39, 0.29) is 6.04 Å². The summed E-state index contributed by atoms with van der Waals surface area (Å²) in [5.74, 6) is 4.31. The molecule has 1 unspecified atom stereocenters. The Hall–Kier alpha value is -1.99. The Morgan fingerprint density at radius 1 is 1.47 bits per heavy atom. The molecule has 2 aromatic rings. The molecule has 4 heteroatoms. The molecule has 0 amide bonds. The Kier molecular flexibility index (Phi) is 4.08. The van der Waals surface area contributed by atoms with E-state index in [0.717, 1.165) is 29.0 Å². The summed E-state index contributed by atoms with van der Waals surface area (Å²) in [6, 6.07) is 5.74. The summed E-state index contributed by atoms with van der Waals surface area (Å²) in [5, 5.41) is 0. The highest BCUT2D eigenvalue weighted by Crippen LogP contribution is 2.25. The summed E-state index contributed by atoms with van der Waals surface area (Å²) in [4.78, 5) is 4.61. The number of hydrogen-bond donors (Lipinski definition) is 1. The normalized spacial score (nSPS) is 12.3. The van der Waals surface area contributed by atoms with Crippen molar-refractivity contribution in [3.63, 3.8) is 0 Å². The van der Waals surface area contributed by atoms with E-state index in [0.29, 0.717) is 13.2 Å². The highest BCUT2D eigenvalue weighted by Gasteiger charge is 2.15. The molecule has 0 fully saturated rings. The molecule has 2 N–H and O–H groups in total. The van der Waals surface area contributed by atoms with E-state index >= 15 is 0 Å². The molecule has 1 atom stereocenters. The smallest absolute Gasteiger partial charge is 0.127 e. The average Bonchev–Trinajstić information content (AvgIpc) is 2.77. The van der Waals surface area contributed by atoms with Crippen LogP contribution in [0.5, 0.6) is 5.75 Å². The van der Waals surface area contributed by atoms with Crippen molar-refractivity contribution in [2.75, 3.05) is 6.61 Å². The summed E-state index contributed by atoms with van der Waals surface area (Å²) in [7, 11) is 0. The van der Waals surface area contributed by atoms with E-state index in [1.54, 1.807) is 0 Å². The molecule has 0 aliphatic carbocycles. The fourth-order valence-electron chi connectivity index (χ4n) is 2.11. The van der Waals surface area contributed by atoms with Crippen LogP contribution in [0.2, 0.25) is 0 Å². The quantitative estimate of drug-likeness (QED) is 0.837. The van der Waals surface area contributed by atoms with Crippen molar-refractivity contribution in [3.8, 4) is 18.1 Å². The summed E-state index contributed by atoms with van der Waals surface area (Å²) >= 11 is 0. The Balaban J connectivity index is 2.56. The number of imidazole rings is 1. The SMILES string of the molecule is C#CCn1c(C(N)CC)nc2cc(OCC)ccc21. The first-order chi connectivity index (χ1) is 9.21. The molecule has 4 nitrogen and oxygen atoms in total. The third kappa shape index (κ3) is 2.56. The number of hydrogen-bond acceptors (Lipinski definition) is 3. The van der Waals surface area contributed by atoms with Crippen molar-refractivity contribution < 1.29 is 4.74 Å². The molecule has 0 spiro atoms. The van der Waals surface area contributed by atoms with Crippen molar-refractivity contribution in [1.29, 1.82) is 0 Å². The first-order valence-electron chi connectivity index (χ1n) is 6.53. The van der Waals surface area contributed by atoms with Crippen LogP contribution >= 0.6 is 0 Å². The molecular formula is C15H19N3O. The van der Waals surface area contributed by atoms with E-state index in [1.807, 2.05) is 36.6 Å². The van der Waals surface area contributed by atoms with Gasteiger partial charge in [0.15, 0.2) is 0 Å². The van der Waals surface area contributed by atoms with Crippen LogP contribution in [0.15, 0.2) is 18.2 Å². The van der Waals surface area contributed by atoms with Gasteiger partial charge in [0.25, 0.3) is 0 Å². The minimum atomic E-state index is -0.101. The van der Waals surface area contributed by atoms with Gasteiger partial charge >= 0.3 is 0 Å². The molecule has 19 heavy (non-hydrogen) atoms. The number of aromatic nitrogens is 2.